The zero-order valence-corrected chi connectivity index (χ0v) is 8.04. The van der Waals surface area contributed by atoms with Crippen LogP contribution < -0.4 is 4.74 Å². The summed E-state index contributed by atoms with van der Waals surface area (Å²) in [7, 11) is 1.59. The van der Waals surface area contributed by atoms with Crippen molar-refractivity contribution in [3.8, 4) is 5.75 Å². The number of pyridine rings is 1. The summed E-state index contributed by atoms with van der Waals surface area (Å²) in [4.78, 5) is 4.00. The van der Waals surface area contributed by atoms with Gasteiger partial charge in [0, 0.05) is 11.5 Å². The molecule has 1 aromatic heterocycles. The van der Waals surface area contributed by atoms with Gasteiger partial charge in [0.2, 0.25) is 0 Å². The molecular weight excluding hydrogens is 181 g/mol. The Morgan fingerprint density at radius 3 is 2.86 bits per heavy atom. The highest BCUT2D eigenvalue weighted by atomic mass is 19.1. The van der Waals surface area contributed by atoms with Crippen LogP contribution >= 0.6 is 0 Å². The molecule has 1 heterocycles. The Balaban J connectivity index is 2.74. The third-order valence-corrected chi connectivity index (χ3v) is 2.28. The number of rotatable bonds is 1. The van der Waals surface area contributed by atoms with Crippen LogP contribution in [-0.4, -0.2) is 12.1 Å². The van der Waals surface area contributed by atoms with Crippen molar-refractivity contribution in [3.05, 3.63) is 35.8 Å². The fraction of sp³-hybridized carbons (Fsp3) is 0.182. The molecule has 0 fully saturated rings. The first-order valence-corrected chi connectivity index (χ1v) is 4.31. The third kappa shape index (κ3) is 1.31. The molecule has 1 aromatic carbocycles. The van der Waals surface area contributed by atoms with Gasteiger partial charge >= 0.3 is 0 Å². The number of aromatic nitrogens is 1. The molecule has 72 valence electrons. The van der Waals surface area contributed by atoms with Gasteiger partial charge in [0.1, 0.15) is 11.6 Å². The highest BCUT2D eigenvalue weighted by Gasteiger charge is 2.04. The number of nitrogens with zero attached hydrogens (tertiary/aromatic N) is 1. The lowest BCUT2D eigenvalue weighted by Crippen LogP contribution is -1.89. The van der Waals surface area contributed by atoms with Gasteiger partial charge in [-0.2, -0.15) is 0 Å². The molecule has 0 bridgehead atoms. The molecule has 0 unspecified atom stereocenters. The van der Waals surface area contributed by atoms with Crippen LogP contribution in [0.2, 0.25) is 0 Å². The zero-order chi connectivity index (χ0) is 10.1. The van der Waals surface area contributed by atoms with Crippen molar-refractivity contribution in [2.24, 2.45) is 0 Å². The maximum atomic E-state index is 13.1. The fourth-order valence-corrected chi connectivity index (χ4v) is 1.41. The van der Waals surface area contributed by atoms with Gasteiger partial charge in [-0.3, -0.25) is 4.98 Å². The molecule has 2 aromatic rings. The van der Waals surface area contributed by atoms with Crippen molar-refractivity contribution in [3.63, 3.8) is 0 Å². The lowest BCUT2D eigenvalue weighted by atomic mass is 10.1. The van der Waals surface area contributed by atoms with E-state index >= 15 is 0 Å². The van der Waals surface area contributed by atoms with Crippen molar-refractivity contribution < 1.29 is 9.13 Å². The summed E-state index contributed by atoms with van der Waals surface area (Å²) in [6, 6.07) is 5.41. The molecule has 0 N–H and O–H groups in total. The van der Waals surface area contributed by atoms with Gasteiger partial charge in [0.25, 0.3) is 0 Å². The van der Waals surface area contributed by atoms with Crippen LogP contribution in [0.1, 0.15) is 5.56 Å². The van der Waals surface area contributed by atoms with Crippen LogP contribution in [0, 0.1) is 12.7 Å². The number of ether oxygens (including phenoxy) is 1. The first-order valence-electron chi connectivity index (χ1n) is 4.31. The van der Waals surface area contributed by atoms with E-state index < -0.39 is 0 Å². The van der Waals surface area contributed by atoms with Gasteiger partial charge in [0.15, 0.2) is 0 Å². The molecule has 3 heteroatoms. The summed E-state index contributed by atoms with van der Waals surface area (Å²) in [5.74, 6) is 0.457. The lowest BCUT2D eigenvalue weighted by Gasteiger charge is -2.04. The number of aryl methyl sites for hydroxylation is 1. The van der Waals surface area contributed by atoms with Crippen molar-refractivity contribution in [1.29, 1.82) is 0 Å². The van der Waals surface area contributed by atoms with Crippen LogP contribution in [0.5, 0.6) is 5.75 Å². The minimum absolute atomic E-state index is 0.275. The average molecular weight is 191 g/mol. The Hall–Kier alpha value is -1.64. The summed E-state index contributed by atoms with van der Waals surface area (Å²) >= 11 is 0. The van der Waals surface area contributed by atoms with E-state index in [2.05, 4.69) is 4.98 Å². The largest absolute Gasteiger partial charge is 0.497 e. The Bertz CT molecular complexity index is 482. The second-order valence-corrected chi connectivity index (χ2v) is 3.11. The van der Waals surface area contributed by atoms with E-state index in [1.165, 1.54) is 6.20 Å². The van der Waals surface area contributed by atoms with Gasteiger partial charge in [-0.05, 0) is 24.6 Å². The quantitative estimate of drug-likeness (QED) is 0.691. The van der Waals surface area contributed by atoms with Gasteiger partial charge in [-0.1, -0.05) is 0 Å². The Morgan fingerprint density at radius 1 is 1.36 bits per heavy atom. The minimum atomic E-state index is -0.275. The second-order valence-electron chi connectivity index (χ2n) is 3.11. The predicted octanol–water partition coefficient (Wildman–Crippen LogP) is 2.69. The van der Waals surface area contributed by atoms with E-state index in [9.17, 15) is 4.39 Å². The molecule has 14 heavy (non-hydrogen) atoms. The normalized spacial score (nSPS) is 10.5. The van der Waals surface area contributed by atoms with Crippen LogP contribution in [0.4, 0.5) is 4.39 Å². The molecular formula is C11H10FNO. The first-order chi connectivity index (χ1) is 6.72. The lowest BCUT2D eigenvalue weighted by molar-refractivity contribution is 0.415. The van der Waals surface area contributed by atoms with E-state index in [1.807, 2.05) is 6.07 Å². The molecule has 0 aliphatic carbocycles. The highest BCUT2D eigenvalue weighted by Crippen LogP contribution is 2.22. The molecule has 0 radical (unpaired) electrons. The molecule has 0 aliphatic heterocycles. The second kappa shape index (κ2) is 3.25. The highest BCUT2D eigenvalue weighted by molar-refractivity contribution is 5.83. The van der Waals surface area contributed by atoms with Gasteiger partial charge < -0.3 is 4.74 Å². The number of benzene rings is 1. The maximum absolute atomic E-state index is 13.1. The van der Waals surface area contributed by atoms with E-state index in [0.29, 0.717) is 5.56 Å². The minimum Gasteiger partial charge on any atom is -0.497 e. The summed E-state index contributed by atoms with van der Waals surface area (Å²) in [5, 5.41) is 0.825. The first kappa shape index (κ1) is 8.94. The molecule has 0 amide bonds. The van der Waals surface area contributed by atoms with E-state index in [0.717, 1.165) is 16.7 Å². The predicted molar refractivity (Wildman–Crippen MR) is 53.0 cm³/mol. The van der Waals surface area contributed by atoms with E-state index in [1.54, 1.807) is 26.2 Å². The number of methoxy groups -OCH3 is 1. The maximum Gasteiger partial charge on any atom is 0.145 e. The molecule has 2 nitrogen and oxygen atoms in total. The van der Waals surface area contributed by atoms with Crippen molar-refractivity contribution in [1.82, 2.24) is 4.98 Å². The van der Waals surface area contributed by atoms with Gasteiger partial charge in [-0.15, -0.1) is 0 Å². The summed E-state index contributed by atoms with van der Waals surface area (Å²) in [5.41, 5.74) is 1.38. The summed E-state index contributed by atoms with van der Waals surface area (Å²) < 4.78 is 18.2. The number of halogens is 1. The summed E-state index contributed by atoms with van der Waals surface area (Å²) in [6.07, 6.45) is 1.23. The number of fused-ring (bicyclic) bond motifs is 1. The van der Waals surface area contributed by atoms with E-state index in [4.69, 9.17) is 4.74 Å². The van der Waals surface area contributed by atoms with Crippen LogP contribution in [0.3, 0.4) is 0 Å². The molecule has 0 saturated heterocycles. The average Bonchev–Trinajstić information content (AvgIpc) is 2.23. The zero-order valence-electron chi connectivity index (χ0n) is 8.04. The van der Waals surface area contributed by atoms with Crippen molar-refractivity contribution >= 4 is 10.9 Å². The SMILES string of the molecule is COc1ccc2c(C)c(F)cnc2c1. The van der Waals surface area contributed by atoms with E-state index in [-0.39, 0.29) is 5.82 Å². The standard InChI is InChI=1S/C11H10FNO/c1-7-9-4-3-8(14-2)5-11(9)13-6-10(7)12/h3-6H,1-2H3. The third-order valence-electron chi connectivity index (χ3n) is 2.28. The summed E-state index contributed by atoms with van der Waals surface area (Å²) in [6.45, 7) is 1.74. The smallest absolute Gasteiger partial charge is 0.145 e. The number of hydrogen-bond acceptors (Lipinski definition) is 2. The number of hydrogen-bond donors (Lipinski definition) is 0. The van der Waals surface area contributed by atoms with Gasteiger partial charge in [0.05, 0.1) is 18.8 Å². The monoisotopic (exact) mass is 191 g/mol. The van der Waals surface area contributed by atoms with Crippen molar-refractivity contribution in [2.45, 2.75) is 6.92 Å². The van der Waals surface area contributed by atoms with Crippen LogP contribution in [-0.2, 0) is 0 Å². The van der Waals surface area contributed by atoms with Crippen LogP contribution in [0.25, 0.3) is 10.9 Å². The van der Waals surface area contributed by atoms with Crippen LogP contribution in [0.15, 0.2) is 24.4 Å². The van der Waals surface area contributed by atoms with Gasteiger partial charge in [-0.25, -0.2) is 4.39 Å². The topological polar surface area (TPSA) is 22.1 Å². The molecule has 2 rings (SSSR count). The fourth-order valence-electron chi connectivity index (χ4n) is 1.41. The Morgan fingerprint density at radius 2 is 2.14 bits per heavy atom. The Kier molecular flexibility index (Phi) is 2.08. The Labute approximate surface area is 81.3 Å². The molecule has 0 spiro atoms. The molecule has 0 atom stereocenters. The van der Waals surface area contributed by atoms with Crippen molar-refractivity contribution in [2.75, 3.05) is 7.11 Å². The molecule has 0 aliphatic rings. The molecule has 0 saturated carbocycles.